The molecule has 1 saturated carbocycles. The zero-order chi connectivity index (χ0) is 19.4. The molecule has 0 atom stereocenters. The summed E-state index contributed by atoms with van der Waals surface area (Å²) in [4.78, 5) is 9.80. The fourth-order valence-electron chi connectivity index (χ4n) is 5.34. The van der Waals surface area contributed by atoms with Crippen LogP contribution in [0.4, 0.5) is 0 Å². The molecular weight excluding hydrogens is 360 g/mol. The van der Waals surface area contributed by atoms with Crippen molar-refractivity contribution in [2.75, 3.05) is 0 Å². The number of aromatic nitrogens is 4. The van der Waals surface area contributed by atoms with Gasteiger partial charge in [-0.15, -0.1) is 5.10 Å². The Kier molecular flexibility index (Phi) is 3.54. The Labute approximate surface area is 169 Å². The topological polar surface area (TPSA) is 63.3 Å². The van der Waals surface area contributed by atoms with Crippen LogP contribution < -0.4 is 0 Å². The van der Waals surface area contributed by atoms with Crippen LogP contribution in [0.15, 0.2) is 54.9 Å². The lowest BCUT2D eigenvalue weighted by atomic mass is 9.62. The van der Waals surface area contributed by atoms with Gasteiger partial charge >= 0.3 is 0 Å². The molecule has 1 spiro atoms. The van der Waals surface area contributed by atoms with Crippen LogP contribution in [0.2, 0.25) is 0 Å². The van der Waals surface area contributed by atoms with Crippen molar-refractivity contribution in [2.45, 2.75) is 43.9 Å². The third-order valence-corrected chi connectivity index (χ3v) is 6.68. The van der Waals surface area contributed by atoms with Crippen LogP contribution >= 0.6 is 0 Å². The molecule has 5 nitrogen and oxygen atoms in total. The molecule has 0 bridgehead atoms. The largest absolute Gasteiger partial charge is 0.507 e. The van der Waals surface area contributed by atoms with Gasteiger partial charge in [0.1, 0.15) is 12.1 Å². The van der Waals surface area contributed by atoms with E-state index >= 15 is 0 Å². The van der Waals surface area contributed by atoms with E-state index in [1.54, 1.807) is 16.9 Å². The van der Waals surface area contributed by atoms with Crippen LogP contribution in [0, 0.1) is 0 Å². The third-order valence-electron chi connectivity index (χ3n) is 6.68. The van der Waals surface area contributed by atoms with Crippen LogP contribution in [-0.2, 0) is 11.8 Å². The summed E-state index contributed by atoms with van der Waals surface area (Å²) < 4.78 is 1.80. The van der Waals surface area contributed by atoms with E-state index < -0.39 is 0 Å². The summed E-state index contributed by atoms with van der Waals surface area (Å²) in [5.41, 5.74) is 6.50. The van der Waals surface area contributed by atoms with Gasteiger partial charge in [0.05, 0.1) is 11.3 Å². The first kappa shape index (κ1) is 16.7. The van der Waals surface area contributed by atoms with E-state index in [1.165, 1.54) is 36.0 Å². The average molecular weight is 382 g/mol. The summed E-state index contributed by atoms with van der Waals surface area (Å²) in [6.45, 7) is 0. The summed E-state index contributed by atoms with van der Waals surface area (Å²) in [5, 5.41) is 15.0. The molecule has 2 aliphatic carbocycles. The van der Waals surface area contributed by atoms with Crippen LogP contribution in [0.25, 0.3) is 28.3 Å². The van der Waals surface area contributed by atoms with Gasteiger partial charge in [-0.1, -0.05) is 55.7 Å². The number of phenolic OH excluding ortho intramolecular Hbond substituents is 1. The Bertz CT molecular complexity index is 1240. The highest BCUT2D eigenvalue weighted by molar-refractivity contribution is 5.78. The van der Waals surface area contributed by atoms with Gasteiger partial charge < -0.3 is 5.11 Å². The monoisotopic (exact) mass is 382 g/mol. The predicted molar refractivity (Wildman–Crippen MR) is 112 cm³/mol. The average Bonchev–Trinajstić information content (AvgIpc) is 3.18. The summed E-state index contributed by atoms with van der Waals surface area (Å²) >= 11 is 0. The fourth-order valence-corrected chi connectivity index (χ4v) is 5.34. The van der Waals surface area contributed by atoms with E-state index in [0.29, 0.717) is 11.4 Å². The van der Waals surface area contributed by atoms with Crippen molar-refractivity contribution in [3.63, 3.8) is 0 Å². The Morgan fingerprint density at radius 3 is 2.48 bits per heavy atom. The Morgan fingerprint density at radius 1 is 0.897 bits per heavy atom. The molecular formula is C24H22N4O. The number of fused-ring (bicyclic) bond motifs is 6. The number of aromatic hydroxyl groups is 1. The highest BCUT2D eigenvalue weighted by Gasteiger charge is 2.42. The summed E-state index contributed by atoms with van der Waals surface area (Å²) in [6, 6.07) is 15.9. The normalized spacial score (nSPS) is 17.2. The van der Waals surface area contributed by atoms with Crippen LogP contribution in [0.1, 0.15) is 43.2 Å². The molecule has 29 heavy (non-hydrogen) atoms. The molecule has 144 valence electrons. The zero-order valence-corrected chi connectivity index (χ0v) is 16.2. The molecule has 1 fully saturated rings. The maximum atomic E-state index is 10.3. The van der Waals surface area contributed by atoms with E-state index in [9.17, 15) is 5.11 Å². The molecule has 6 rings (SSSR count). The number of para-hydroxylation sites is 1. The number of rotatable bonds is 1. The second-order valence-corrected chi connectivity index (χ2v) is 8.36. The smallest absolute Gasteiger partial charge is 0.185 e. The van der Waals surface area contributed by atoms with Crippen molar-refractivity contribution in [3.8, 4) is 28.4 Å². The van der Waals surface area contributed by atoms with Gasteiger partial charge in [0.15, 0.2) is 11.5 Å². The molecule has 2 heterocycles. The first-order valence-electron chi connectivity index (χ1n) is 10.4. The number of benzene rings is 2. The standard InChI is InChI=1S/C24H22N4O/c29-19-11-5-4-10-18(19)22-26-23-20-21(25-15-28(23)27-22)17-9-3-2-8-16(17)14-24(20)12-6-1-7-13-24/h2-5,8-11,15,29H,1,6-7,12-14H2. The minimum absolute atomic E-state index is 0.0699. The molecule has 0 saturated heterocycles. The minimum Gasteiger partial charge on any atom is -0.507 e. The third kappa shape index (κ3) is 2.43. The lowest BCUT2D eigenvalue weighted by Gasteiger charge is -2.42. The molecule has 0 amide bonds. The summed E-state index contributed by atoms with van der Waals surface area (Å²) in [7, 11) is 0. The van der Waals surface area contributed by atoms with Gasteiger partial charge in [-0.3, -0.25) is 0 Å². The molecule has 0 unspecified atom stereocenters. The Morgan fingerprint density at radius 2 is 1.66 bits per heavy atom. The first-order valence-corrected chi connectivity index (χ1v) is 10.4. The molecule has 0 radical (unpaired) electrons. The SMILES string of the molecule is Oc1ccccc1-c1nc2c3c(ncn2n1)-c1ccccc1CC31CCCCC1. The van der Waals surface area contributed by atoms with Gasteiger partial charge in [-0.25, -0.2) is 14.5 Å². The van der Waals surface area contributed by atoms with Gasteiger partial charge in [0, 0.05) is 16.5 Å². The molecule has 1 N–H and O–H groups in total. The van der Waals surface area contributed by atoms with Crippen molar-refractivity contribution < 1.29 is 5.11 Å². The number of hydrogen-bond acceptors (Lipinski definition) is 4. The van der Waals surface area contributed by atoms with E-state index in [2.05, 4.69) is 29.4 Å². The Hall–Kier alpha value is -3.21. The maximum absolute atomic E-state index is 10.3. The van der Waals surface area contributed by atoms with Gasteiger partial charge in [-0.2, -0.15) is 0 Å². The number of hydrogen-bond donors (Lipinski definition) is 1. The first-order chi connectivity index (χ1) is 14.3. The van der Waals surface area contributed by atoms with Crippen molar-refractivity contribution in [3.05, 3.63) is 66.0 Å². The molecule has 2 aromatic carbocycles. The number of nitrogens with zero attached hydrogens (tertiary/aromatic N) is 4. The van der Waals surface area contributed by atoms with E-state index in [0.717, 1.165) is 30.6 Å². The molecule has 4 aromatic rings. The van der Waals surface area contributed by atoms with Crippen molar-refractivity contribution in [2.24, 2.45) is 0 Å². The van der Waals surface area contributed by atoms with E-state index in [1.807, 2.05) is 18.2 Å². The van der Waals surface area contributed by atoms with Crippen molar-refractivity contribution >= 4 is 5.65 Å². The molecule has 0 aliphatic heterocycles. The molecule has 5 heteroatoms. The van der Waals surface area contributed by atoms with Crippen molar-refractivity contribution in [1.29, 1.82) is 0 Å². The highest BCUT2D eigenvalue weighted by atomic mass is 16.3. The van der Waals surface area contributed by atoms with Crippen LogP contribution in [0.5, 0.6) is 5.75 Å². The second kappa shape index (κ2) is 6.14. The maximum Gasteiger partial charge on any atom is 0.185 e. The summed E-state index contributed by atoms with van der Waals surface area (Å²) in [6.07, 6.45) is 8.90. The van der Waals surface area contributed by atoms with Gasteiger partial charge in [0.25, 0.3) is 0 Å². The highest BCUT2D eigenvalue weighted by Crippen LogP contribution is 2.51. The van der Waals surface area contributed by atoms with Crippen molar-refractivity contribution in [1.82, 2.24) is 19.6 Å². The minimum atomic E-state index is 0.0699. The lowest BCUT2D eigenvalue weighted by Crippen LogP contribution is -2.36. The second-order valence-electron chi connectivity index (χ2n) is 8.36. The lowest BCUT2D eigenvalue weighted by molar-refractivity contribution is 0.288. The number of phenols is 1. The van der Waals surface area contributed by atoms with Crippen LogP contribution in [0.3, 0.4) is 0 Å². The molecule has 2 aliphatic rings. The van der Waals surface area contributed by atoms with Gasteiger partial charge in [-0.05, 0) is 37.0 Å². The Balaban J connectivity index is 1.65. The van der Waals surface area contributed by atoms with Gasteiger partial charge in [0.2, 0.25) is 0 Å². The van der Waals surface area contributed by atoms with Crippen LogP contribution in [-0.4, -0.2) is 24.7 Å². The van der Waals surface area contributed by atoms with E-state index in [4.69, 9.17) is 9.97 Å². The molecule has 2 aromatic heterocycles. The van der Waals surface area contributed by atoms with E-state index in [-0.39, 0.29) is 11.2 Å². The summed E-state index contributed by atoms with van der Waals surface area (Å²) in [5.74, 6) is 0.742. The predicted octanol–water partition coefficient (Wildman–Crippen LogP) is 4.92. The fraction of sp³-hybridized carbons (Fsp3) is 0.292. The quantitative estimate of drug-likeness (QED) is 0.507. The zero-order valence-electron chi connectivity index (χ0n) is 16.2.